The van der Waals surface area contributed by atoms with Gasteiger partial charge >= 0.3 is 5.69 Å². The Morgan fingerprint density at radius 1 is 1.50 bits per heavy atom. The Bertz CT molecular complexity index is 496. The van der Waals surface area contributed by atoms with Gasteiger partial charge in [-0.25, -0.2) is 4.39 Å². The van der Waals surface area contributed by atoms with Crippen molar-refractivity contribution in [2.45, 2.75) is 0 Å². The summed E-state index contributed by atoms with van der Waals surface area (Å²) in [5, 5.41) is 11.0. The minimum Gasteiger partial charge on any atom is -0.341 e. The number of alkyl halides is 1. The van der Waals surface area contributed by atoms with Crippen LogP contribution < -0.4 is 0 Å². The minimum absolute atomic E-state index is 0.266. The van der Waals surface area contributed by atoms with Gasteiger partial charge in [0.1, 0.15) is 5.82 Å². The Balaban J connectivity index is 3.24. The van der Waals surface area contributed by atoms with Crippen molar-refractivity contribution in [2.24, 2.45) is 0 Å². The molecule has 0 saturated heterocycles. The summed E-state index contributed by atoms with van der Waals surface area (Å²) >= 11 is 3.09. The Morgan fingerprint density at radius 3 is 2.61 bits per heavy atom. The van der Waals surface area contributed by atoms with E-state index in [4.69, 9.17) is 0 Å². The fraction of sp³-hybridized carbons (Fsp3) is 0.300. The molecule has 0 fully saturated rings. The third-order valence-corrected chi connectivity index (χ3v) is 2.57. The lowest BCUT2D eigenvalue weighted by atomic mass is 10.1. The largest absolute Gasteiger partial charge is 0.341 e. The lowest BCUT2D eigenvalue weighted by Crippen LogP contribution is -2.29. The summed E-state index contributed by atoms with van der Waals surface area (Å²) in [5.74, 6) is -3.17. The van der Waals surface area contributed by atoms with Crippen LogP contribution in [0.3, 0.4) is 0 Å². The average Bonchev–Trinajstić information content (AvgIpc) is 2.30. The minimum atomic E-state index is -1.33. The number of hydrogen-bond donors (Lipinski definition) is 0. The maximum Gasteiger partial charge on any atom is 0.308 e. The van der Waals surface area contributed by atoms with E-state index < -0.39 is 33.7 Å². The molecule has 0 heterocycles. The van der Waals surface area contributed by atoms with Crippen LogP contribution in [0.25, 0.3) is 0 Å². The molecule has 0 aliphatic carbocycles. The lowest BCUT2D eigenvalue weighted by Gasteiger charge is -2.15. The zero-order valence-electron chi connectivity index (χ0n) is 9.32. The number of nitro benzene ring substituents is 1. The number of hydrogen-bond acceptors (Lipinski definition) is 3. The molecule has 1 aromatic rings. The number of nitro groups is 1. The first-order valence-corrected chi connectivity index (χ1v) is 5.95. The zero-order valence-corrected chi connectivity index (χ0v) is 10.9. The van der Waals surface area contributed by atoms with Gasteiger partial charge in [-0.3, -0.25) is 14.9 Å². The van der Waals surface area contributed by atoms with Crippen molar-refractivity contribution >= 4 is 27.5 Å². The van der Waals surface area contributed by atoms with Crippen molar-refractivity contribution in [3.8, 4) is 0 Å². The molecule has 1 aromatic carbocycles. The summed E-state index contributed by atoms with van der Waals surface area (Å²) in [5.41, 5.74) is -1.70. The van der Waals surface area contributed by atoms with Crippen LogP contribution in [0, 0.1) is 21.7 Å². The molecule has 18 heavy (non-hydrogen) atoms. The van der Waals surface area contributed by atoms with E-state index >= 15 is 0 Å². The van der Waals surface area contributed by atoms with Gasteiger partial charge < -0.3 is 4.90 Å². The van der Waals surface area contributed by atoms with Crippen LogP contribution in [0.4, 0.5) is 14.5 Å². The molecule has 5 nitrogen and oxygen atoms in total. The molecular formula is C10H9BrF2N2O3. The Hall–Kier alpha value is -1.57. The molecule has 0 bridgehead atoms. The number of carbonyl (C=O) groups is 1. The number of nitrogens with zero attached hydrogens (tertiary/aromatic N) is 2. The summed E-state index contributed by atoms with van der Waals surface area (Å²) in [4.78, 5) is 22.3. The van der Waals surface area contributed by atoms with Crippen LogP contribution in [0.5, 0.6) is 0 Å². The summed E-state index contributed by atoms with van der Waals surface area (Å²) in [6, 6.07) is 1.09. The molecule has 1 rings (SSSR count). The molecule has 8 heteroatoms. The van der Waals surface area contributed by atoms with Gasteiger partial charge in [0.15, 0.2) is 0 Å². The molecule has 1 amide bonds. The summed E-state index contributed by atoms with van der Waals surface area (Å²) in [6.07, 6.45) is 0. The molecule has 0 spiro atoms. The number of carbonyl (C=O) groups excluding carboxylic acids is 1. The number of amides is 1. The molecule has 0 radical (unpaired) electrons. The molecule has 0 N–H and O–H groups in total. The molecule has 0 atom stereocenters. The van der Waals surface area contributed by atoms with E-state index in [0.29, 0.717) is 17.5 Å². The van der Waals surface area contributed by atoms with Crippen molar-refractivity contribution < 1.29 is 18.5 Å². The fourth-order valence-corrected chi connectivity index (χ4v) is 1.83. The second-order valence-corrected chi connectivity index (χ2v) is 4.25. The van der Waals surface area contributed by atoms with Crippen molar-refractivity contribution in [1.82, 2.24) is 4.90 Å². The Labute approximate surface area is 110 Å². The lowest BCUT2D eigenvalue weighted by molar-refractivity contribution is -0.387. The highest BCUT2D eigenvalue weighted by Crippen LogP contribution is 2.23. The van der Waals surface area contributed by atoms with E-state index in [0.717, 1.165) is 4.90 Å². The van der Waals surface area contributed by atoms with Gasteiger partial charge in [-0.2, -0.15) is 4.39 Å². The van der Waals surface area contributed by atoms with Gasteiger partial charge in [-0.15, -0.1) is 0 Å². The van der Waals surface area contributed by atoms with E-state index in [1.54, 1.807) is 0 Å². The predicted molar refractivity (Wildman–Crippen MR) is 63.8 cm³/mol. The van der Waals surface area contributed by atoms with Gasteiger partial charge in [0.2, 0.25) is 5.82 Å². The van der Waals surface area contributed by atoms with Crippen LogP contribution in [0.15, 0.2) is 12.1 Å². The average molecular weight is 323 g/mol. The highest BCUT2D eigenvalue weighted by Gasteiger charge is 2.25. The first-order chi connectivity index (χ1) is 8.38. The predicted octanol–water partition coefficient (Wildman–Crippen LogP) is 2.34. The zero-order chi connectivity index (χ0) is 13.9. The SMILES string of the molecule is CN(CCBr)C(=O)c1cc(F)cc([N+](=O)[O-])c1F. The van der Waals surface area contributed by atoms with Gasteiger partial charge in [0.05, 0.1) is 16.6 Å². The topological polar surface area (TPSA) is 63.5 Å². The van der Waals surface area contributed by atoms with Gasteiger partial charge in [-0.05, 0) is 6.07 Å². The van der Waals surface area contributed by atoms with Crippen LogP contribution in [0.1, 0.15) is 10.4 Å². The third-order valence-electron chi connectivity index (χ3n) is 2.21. The van der Waals surface area contributed by atoms with E-state index in [1.165, 1.54) is 7.05 Å². The van der Waals surface area contributed by atoms with E-state index in [2.05, 4.69) is 15.9 Å². The normalized spacial score (nSPS) is 10.2. The van der Waals surface area contributed by atoms with E-state index in [1.807, 2.05) is 0 Å². The summed E-state index contributed by atoms with van der Waals surface area (Å²) in [6.45, 7) is 0.266. The van der Waals surface area contributed by atoms with E-state index in [9.17, 15) is 23.7 Å². The molecule has 0 unspecified atom stereocenters. The quantitative estimate of drug-likeness (QED) is 0.485. The van der Waals surface area contributed by atoms with E-state index in [-0.39, 0.29) is 6.54 Å². The fourth-order valence-electron chi connectivity index (χ4n) is 1.30. The molecule has 0 aliphatic rings. The highest BCUT2D eigenvalue weighted by atomic mass is 79.9. The molecule has 0 aliphatic heterocycles. The van der Waals surface area contributed by atoms with Crippen LogP contribution >= 0.6 is 15.9 Å². The maximum absolute atomic E-state index is 13.7. The summed E-state index contributed by atoms with van der Waals surface area (Å²) in [7, 11) is 1.39. The Morgan fingerprint density at radius 2 is 2.11 bits per heavy atom. The third kappa shape index (κ3) is 3.00. The smallest absolute Gasteiger partial charge is 0.308 e. The molecular weight excluding hydrogens is 314 g/mol. The van der Waals surface area contributed by atoms with Crippen molar-refractivity contribution in [1.29, 1.82) is 0 Å². The monoisotopic (exact) mass is 322 g/mol. The van der Waals surface area contributed by atoms with Crippen LogP contribution in [-0.2, 0) is 0 Å². The van der Waals surface area contributed by atoms with Crippen molar-refractivity contribution in [3.05, 3.63) is 39.4 Å². The Kier molecular flexibility index (Phi) is 4.71. The van der Waals surface area contributed by atoms with Crippen molar-refractivity contribution in [3.63, 3.8) is 0 Å². The van der Waals surface area contributed by atoms with Crippen molar-refractivity contribution in [2.75, 3.05) is 18.9 Å². The van der Waals surface area contributed by atoms with Gasteiger partial charge in [-0.1, -0.05) is 15.9 Å². The highest BCUT2D eigenvalue weighted by molar-refractivity contribution is 9.09. The number of halogens is 3. The first-order valence-electron chi connectivity index (χ1n) is 4.83. The summed E-state index contributed by atoms with van der Waals surface area (Å²) < 4.78 is 26.8. The number of benzene rings is 1. The second kappa shape index (κ2) is 5.85. The van der Waals surface area contributed by atoms with Crippen LogP contribution in [-0.4, -0.2) is 34.7 Å². The van der Waals surface area contributed by atoms with Crippen LogP contribution in [0.2, 0.25) is 0 Å². The first kappa shape index (κ1) is 14.5. The molecule has 0 aromatic heterocycles. The number of rotatable bonds is 4. The standard InChI is InChI=1S/C10H9BrF2N2O3/c1-14(3-2-11)10(16)7-4-6(12)5-8(9(7)13)15(17)18/h4-5H,2-3H2,1H3. The molecule has 98 valence electrons. The van der Waals surface area contributed by atoms with Gasteiger partial charge in [0.25, 0.3) is 5.91 Å². The van der Waals surface area contributed by atoms with Gasteiger partial charge in [0, 0.05) is 18.9 Å². The molecule has 0 saturated carbocycles. The second-order valence-electron chi connectivity index (χ2n) is 3.46. The maximum atomic E-state index is 13.7.